The van der Waals surface area contributed by atoms with Crippen LogP contribution in [0.3, 0.4) is 0 Å². The summed E-state index contributed by atoms with van der Waals surface area (Å²) in [6, 6.07) is 10.5. The molecular weight excluding hydrogens is 374 g/mol. The third-order valence-electron chi connectivity index (χ3n) is 6.06. The highest BCUT2D eigenvalue weighted by molar-refractivity contribution is 5.99. The number of anilines is 1. The summed E-state index contributed by atoms with van der Waals surface area (Å²) in [6.07, 6.45) is 9.55. The smallest absolute Gasteiger partial charge is 0.240 e. The maximum atomic E-state index is 12.9. The lowest BCUT2D eigenvalue weighted by atomic mass is 9.95. The highest BCUT2D eigenvalue weighted by atomic mass is 16.2. The Labute approximate surface area is 178 Å². The van der Waals surface area contributed by atoms with E-state index in [4.69, 9.17) is 0 Å². The van der Waals surface area contributed by atoms with Gasteiger partial charge >= 0.3 is 0 Å². The monoisotopic (exact) mass is 405 g/mol. The fraction of sp³-hybridized carbons (Fsp3) is 0.458. The Morgan fingerprint density at radius 3 is 2.53 bits per heavy atom. The molecule has 2 aromatic heterocycles. The molecule has 1 saturated carbocycles. The summed E-state index contributed by atoms with van der Waals surface area (Å²) in [7, 11) is 0. The molecule has 1 aliphatic rings. The first-order valence-electron chi connectivity index (χ1n) is 11.1. The molecule has 6 heteroatoms. The number of carbonyl (C=O) groups excluding carboxylic acids is 1. The predicted octanol–water partition coefficient (Wildman–Crippen LogP) is 4.39. The van der Waals surface area contributed by atoms with Crippen molar-refractivity contribution in [3.05, 3.63) is 42.9 Å². The summed E-state index contributed by atoms with van der Waals surface area (Å²) in [5.74, 6) is 0.949. The maximum absolute atomic E-state index is 12.9. The molecular formula is C24H31N5O. The van der Waals surface area contributed by atoms with E-state index in [1.807, 2.05) is 22.8 Å². The minimum atomic E-state index is 0.0627. The molecule has 0 radical (unpaired) electrons. The van der Waals surface area contributed by atoms with Crippen LogP contribution in [0, 0.1) is 0 Å². The molecule has 6 nitrogen and oxygen atoms in total. The lowest BCUT2D eigenvalue weighted by Gasteiger charge is -2.23. The third kappa shape index (κ3) is 4.18. The molecule has 0 atom stereocenters. The van der Waals surface area contributed by atoms with Gasteiger partial charge in [0.1, 0.15) is 23.9 Å². The summed E-state index contributed by atoms with van der Waals surface area (Å²) >= 11 is 0. The SMILES string of the molecule is CCN(CC)c1ncnc2c(-c3ccccc3)cn(CC(=O)NC3CCCCC3)c12. The minimum Gasteiger partial charge on any atom is -0.355 e. The van der Waals surface area contributed by atoms with Gasteiger partial charge in [-0.15, -0.1) is 0 Å². The molecule has 0 unspecified atom stereocenters. The largest absolute Gasteiger partial charge is 0.355 e. The van der Waals surface area contributed by atoms with E-state index in [1.54, 1.807) is 6.33 Å². The number of nitrogens with zero attached hydrogens (tertiary/aromatic N) is 4. The Balaban J connectivity index is 1.74. The molecule has 2 heterocycles. The Hall–Kier alpha value is -2.89. The summed E-state index contributed by atoms with van der Waals surface area (Å²) in [5, 5.41) is 3.24. The predicted molar refractivity (Wildman–Crippen MR) is 122 cm³/mol. The standard InChI is InChI=1S/C24H31N5O/c1-3-28(4-2)24-23-22(25-17-26-24)20(18-11-7-5-8-12-18)15-29(23)16-21(30)27-19-13-9-6-10-14-19/h5,7-8,11-12,15,17,19H,3-4,6,9-10,13-14,16H2,1-2H3,(H,27,30). The van der Waals surface area contributed by atoms with Gasteiger partial charge in [0.15, 0.2) is 5.82 Å². The second-order valence-electron chi connectivity index (χ2n) is 8.01. The minimum absolute atomic E-state index is 0.0627. The summed E-state index contributed by atoms with van der Waals surface area (Å²) in [4.78, 5) is 24.3. The van der Waals surface area contributed by atoms with Crippen LogP contribution in [-0.4, -0.2) is 39.6 Å². The van der Waals surface area contributed by atoms with E-state index >= 15 is 0 Å². The van der Waals surface area contributed by atoms with Crippen LogP contribution in [0.2, 0.25) is 0 Å². The number of benzene rings is 1. The number of hydrogen-bond acceptors (Lipinski definition) is 4. The summed E-state index contributed by atoms with van der Waals surface area (Å²) in [6.45, 7) is 6.23. The highest BCUT2D eigenvalue weighted by Gasteiger charge is 2.21. The van der Waals surface area contributed by atoms with Crippen LogP contribution in [0.1, 0.15) is 46.0 Å². The maximum Gasteiger partial charge on any atom is 0.240 e. The Morgan fingerprint density at radius 1 is 1.10 bits per heavy atom. The van der Waals surface area contributed by atoms with Gasteiger partial charge in [-0.2, -0.15) is 0 Å². The Morgan fingerprint density at radius 2 is 1.83 bits per heavy atom. The van der Waals surface area contributed by atoms with Crippen molar-refractivity contribution in [3.63, 3.8) is 0 Å². The fourth-order valence-electron chi connectivity index (χ4n) is 4.50. The lowest BCUT2D eigenvalue weighted by Crippen LogP contribution is -2.38. The van der Waals surface area contributed by atoms with Crippen molar-refractivity contribution in [2.75, 3.05) is 18.0 Å². The molecule has 30 heavy (non-hydrogen) atoms. The molecule has 1 fully saturated rings. The average molecular weight is 406 g/mol. The molecule has 0 bridgehead atoms. The van der Waals surface area contributed by atoms with Crippen molar-refractivity contribution in [2.45, 2.75) is 58.5 Å². The highest BCUT2D eigenvalue weighted by Crippen LogP contribution is 2.33. The van der Waals surface area contributed by atoms with Crippen LogP contribution < -0.4 is 10.2 Å². The number of fused-ring (bicyclic) bond motifs is 1. The zero-order chi connectivity index (χ0) is 20.9. The van der Waals surface area contributed by atoms with E-state index in [2.05, 4.69) is 52.4 Å². The fourth-order valence-corrected chi connectivity index (χ4v) is 4.50. The summed E-state index contributed by atoms with van der Waals surface area (Å²) < 4.78 is 2.03. The first-order chi connectivity index (χ1) is 14.7. The van der Waals surface area contributed by atoms with Gasteiger partial charge in [-0.25, -0.2) is 9.97 Å². The van der Waals surface area contributed by atoms with Gasteiger partial charge in [-0.3, -0.25) is 4.79 Å². The Bertz CT molecular complexity index is 988. The molecule has 1 N–H and O–H groups in total. The van der Waals surface area contributed by atoms with Gasteiger partial charge in [0, 0.05) is 30.9 Å². The van der Waals surface area contributed by atoms with E-state index < -0.39 is 0 Å². The molecule has 3 aromatic rings. The molecule has 4 rings (SSSR count). The molecule has 0 saturated heterocycles. The zero-order valence-electron chi connectivity index (χ0n) is 18.0. The molecule has 0 spiro atoms. The molecule has 1 aromatic carbocycles. The van der Waals surface area contributed by atoms with E-state index in [0.717, 1.165) is 53.9 Å². The number of aromatic nitrogens is 3. The topological polar surface area (TPSA) is 63.1 Å². The van der Waals surface area contributed by atoms with E-state index in [9.17, 15) is 4.79 Å². The van der Waals surface area contributed by atoms with Crippen molar-refractivity contribution >= 4 is 22.8 Å². The van der Waals surface area contributed by atoms with Crippen LogP contribution in [0.4, 0.5) is 5.82 Å². The van der Waals surface area contributed by atoms with E-state index in [-0.39, 0.29) is 12.5 Å². The van der Waals surface area contributed by atoms with Crippen molar-refractivity contribution in [2.24, 2.45) is 0 Å². The molecule has 1 amide bonds. The normalized spacial score (nSPS) is 14.7. The van der Waals surface area contributed by atoms with Crippen LogP contribution >= 0.6 is 0 Å². The van der Waals surface area contributed by atoms with Crippen molar-refractivity contribution in [1.82, 2.24) is 19.9 Å². The number of nitrogens with one attached hydrogen (secondary N) is 1. The third-order valence-corrected chi connectivity index (χ3v) is 6.06. The van der Waals surface area contributed by atoms with E-state index in [0.29, 0.717) is 6.04 Å². The van der Waals surface area contributed by atoms with Crippen molar-refractivity contribution in [3.8, 4) is 11.1 Å². The summed E-state index contributed by atoms with van der Waals surface area (Å²) in [5.41, 5.74) is 3.95. The Kier molecular flexibility index (Phi) is 6.31. The van der Waals surface area contributed by atoms with Gasteiger partial charge in [-0.05, 0) is 32.3 Å². The van der Waals surface area contributed by atoms with Gasteiger partial charge in [0.2, 0.25) is 5.91 Å². The zero-order valence-corrected chi connectivity index (χ0v) is 18.0. The first-order valence-corrected chi connectivity index (χ1v) is 11.1. The first kappa shape index (κ1) is 20.4. The molecule has 1 aliphatic carbocycles. The van der Waals surface area contributed by atoms with Crippen LogP contribution in [0.15, 0.2) is 42.9 Å². The van der Waals surface area contributed by atoms with E-state index in [1.165, 1.54) is 19.3 Å². The number of carbonyl (C=O) groups is 1. The average Bonchev–Trinajstić information content (AvgIpc) is 3.15. The number of amides is 1. The van der Waals surface area contributed by atoms with Crippen LogP contribution in [-0.2, 0) is 11.3 Å². The van der Waals surface area contributed by atoms with Gasteiger partial charge in [-0.1, -0.05) is 49.6 Å². The van der Waals surface area contributed by atoms with Crippen molar-refractivity contribution < 1.29 is 4.79 Å². The van der Waals surface area contributed by atoms with Crippen LogP contribution in [0.5, 0.6) is 0 Å². The quantitative estimate of drug-likeness (QED) is 0.633. The second-order valence-corrected chi connectivity index (χ2v) is 8.01. The van der Waals surface area contributed by atoms with Gasteiger partial charge < -0.3 is 14.8 Å². The molecule has 0 aliphatic heterocycles. The van der Waals surface area contributed by atoms with Gasteiger partial charge in [0.05, 0.1) is 0 Å². The second kappa shape index (κ2) is 9.28. The van der Waals surface area contributed by atoms with Gasteiger partial charge in [0.25, 0.3) is 0 Å². The lowest BCUT2D eigenvalue weighted by molar-refractivity contribution is -0.122. The van der Waals surface area contributed by atoms with Crippen molar-refractivity contribution in [1.29, 1.82) is 0 Å². The number of rotatable bonds is 7. The van der Waals surface area contributed by atoms with Crippen LogP contribution in [0.25, 0.3) is 22.2 Å². The molecule has 158 valence electrons. The number of hydrogen-bond donors (Lipinski definition) is 1.